The van der Waals surface area contributed by atoms with Crippen molar-refractivity contribution in [2.24, 2.45) is 0 Å². The SMILES string of the molecule is C#CCNC(=O)c1ccc(N(CCO)CCc2ccccc2)nc1. The molecule has 124 valence electrons. The molecule has 24 heavy (non-hydrogen) atoms. The maximum Gasteiger partial charge on any atom is 0.253 e. The van der Waals surface area contributed by atoms with Gasteiger partial charge in [0.05, 0.1) is 18.7 Å². The molecule has 0 saturated heterocycles. The van der Waals surface area contributed by atoms with Crippen LogP contribution in [0.1, 0.15) is 15.9 Å². The van der Waals surface area contributed by atoms with Crippen LogP contribution in [0.25, 0.3) is 0 Å². The lowest BCUT2D eigenvalue weighted by molar-refractivity contribution is 0.0958. The minimum Gasteiger partial charge on any atom is -0.395 e. The van der Waals surface area contributed by atoms with Gasteiger partial charge in [-0.15, -0.1) is 6.42 Å². The number of aliphatic hydroxyl groups excluding tert-OH is 1. The monoisotopic (exact) mass is 323 g/mol. The van der Waals surface area contributed by atoms with Gasteiger partial charge in [0.15, 0.2) is 0 Å². The molecule has 0 fully saturated rings. The van der Waals surface area contributed by atoms with Gasteiger partial charge in [0.2, 0.25) is 0 Å². The number of aromatic nitrogens is 1. The highest BCUT2D eigenvalue weighted by Crippen LogP contribution is 2.12. The van der Waals surface area contributed by atoms with E-state index in [0.29, 0.717) is 12.1 Å². The Morgan fingerprint density at radius 3 is 2.62 bits per heavy atom. The van der Waals surface area contributed by atoms with Gasteiger partial charge in [0.25, 0.3) is 5.91 Å². The van der Waals surface area contributed by atoms with Gasteiger partial charge in [-0.1, -0.05) is 36.3 Å². The average Bonchev–Trinajstić information content (AvgIpc) is 2.64. The van der Waals surface area contributed by atoms with Crippen LogP contribution in [0.5, 0.6) is 0 Å². The van der Waals surface area contributed by atoms with Crippen LogP contribution < -0.4 is 10.2 Å². The molecule has 0 aliphatic carbocycles. The highest BCUT2D eigenvalue weighted by atomic mass is 16.3. The molecule has 2 aromatic rings. The highest BCUT2D eigenvalue weighted by molar-refractivity contribution is 5.94. The number of hydrogen-bond donors (Lipinski definition) is 2. The molecule has 2 rings (SSSR count). The zero-order valence-corrected chi connectivity index (χ0v) is 13.5. The van der Waals surface area contributed by atoms with E-state index in [1.165, 1.54) is 11.8 Å². The normalized spacial score (nSPS) is 10.0. The number of terminal acetylenes is 1. The third kappa shape index (κ3) is 5.11. The van der Waals surface area contributed by atoms with Crippen molar-refractivity contribution in [3.8, 4) is 12.3 Å². The van der Waals surface area contributed by atoms with Gasteiger partial charge in [-0.3, -0.25) is 4.79 Å². The van der Waals surface area contributed by atoms with Crippen LogP contribution >= 0.6 is 0 Å². The number of nitrogens with zero attached hydrogens (tertiary/aromatic N) is 2. The summed E-state index contributed by atoms with van der Waals surface area (Å²) < 4.78 is 0. The second kappa shape index (κ2) is 9.33. The van der Waals surface area contributed by atoms with Gasteiger partial charge in [0, 0.05) is 19.3 Å². The van der Waals surface area contributed by atoms with Crippen molar-refractivity contribution in [3.05, 3.63) is 59.8 Å². The Hall–Kier alpha value is -2.84. The maximum absolute atomic E-state index is 11.8. The van der Waals surface area contributed by atoms with Gasteiger partial charge in [-0.05, 0) is 24.1 Å². The predicted molar refractivity (Wildman–Crippen MR) is 94.8 cm³/mol. The van der Waals surface area contributed by atoms with Crippen LogP contribution in [0, 0.1) is 12.3 Å². The first-order valence-electron chi connectivity index (χ1n) is 7.82. The molecule has 1 aromatic heterocycles. The standard InChI is InChI=1S/C19H21N3O2/c1-2-11-20-19(24)17-8-9-18(21-15-17)22(13-14-23)12-10-16-6-4-3-5-7-16/h1,3-9,15,23H,10-14H2,(H,20,24). The molecule has 0 aliphatic heterocycles. The summed E-state index contributed by atoms with van der Waals surface area (Å²) in [6.07, 6.45) is 7.50. The number of rotatable bonds is 8. The van der Waals surface area contributed by atoms with Gasteiger partial charge in [-0.25, -0.2) is 4.98 Å². The van der Waals surface area contributed by atoms with E-state index in [1.807, 2.05) is 23.1 Å². The Morgan fingerprint density at radius 1 is 1.21 bits per heavy atom. The molecule has 2 N–H and O–H groups in total. The molecule has 0 unspecified atom stereocenters. The Kier molecular flexibility index (Phi) is 6.81. The summed E-state index contributed by atoms with van der Waals surface area (Å²) >= 11 is 0. The van der Waals surface area contributed by atoms with Gasteiger partial charge in [0.1, 0.15) is 5.82 Å². The quantitative estimate of drug-likeness (QED) is 0.722. The summed E-state index contributed by atoms with van der Waals surface area (Å²) in [7, 11) is 0. The molecule has 0 bridgehead atoms. The molecule has 1 aromatic carbocycles. The van der Waals surface area contributed by atoms with E-state index in [1.54, 1.807) is 12.1 Å². The summed E-state index contributed by atoms with van der Waals surface area (Å²) in [5.74, 6) is 2.84. The Morgan fingerprint density at radius 2 is 2.00 bits per heavy atom. The minimum absolute atomic E-state index is 0.0425. The molecule has 0 aliphatic rings. The van der Waals surface area contributed by atoms with Crippen molar-refractivity contribution in [3.63, 3.8) is 0 Å². The molecule has 0 radical (unpaired) electrons. The zero-order valence-electron chi connectivity index (χ0n) is 13.5. The number of anilines is 1. The van der Waals surface area contributed by atoms with Crippen LogP contribution in [0.15, 0.2) is 48.7 Å². The number of nitrogens with one attached hydrogen (secondary N) is 1. The van der Waals surface area contributed by atoms with Gasteiger partial charge >= 0.3 is 0 Å². The van der Waals surface area contributed by atoms with E-state index in [2.05, 4.69) is 28.4 Å². The van der Waals surface area contributed by atoms with Crippen molar-refractivity contribution in [2.75, 3.05) is 31.1 Å². The van der Waals surface area contributed by atoms with Crippen LogP contribution in [-0.2, 0) is 6.42 Å². The first-order chi connectivity index (χ1) is 11.7. The fourth-order valence-electron chi connectivity index (χ4n) is 2.31. The smallest absolute Gasteiger partial charge is 0.253 e. The second-order valence-corrected chi connectivity index (χ2v) is 5.24. The van der Waals surface area contributed by atoms with E-state index in [9.17, 15) is 9.90 Å². The van der Waals surface area contributed by atoms with E-state index in [-0.39, 0.29) is 19.1 Å². The third-order valence-corrected chi connectivity index (χ3v) is 3.57. The predicted octanol–water partition coefficient (Wildman–Crippen LogP) is 1.49. The molecule has 0 spiro atoms. The van der Waals surface area contributed by atoms with Crippen LogP contribution in [0.4, 0.5) is 5.82 Å². The van der Waals surface area contributed by atoms with Crippen molar-refractivity contribution >= 4 is 11.7 Å². The third-order valence-electron chi connectivity index (χ3n) is 3.57. The molecule has 0 saturated carbocycles. The van der Waals surface area contributed by atoms with Gasteiger partial charge < -0.3 is 15.3 Å². The summed E-state index contributed by atoms with van der Waals surface area (Å²) in [4.78, 5) is 18.2. The van der Waals surface area contributed by atoms with Crippen LogP contribution in [-0.4, -0.2) is 42.2 Å². The lowest BCUT2D eigenvalue weighted by Crippen LogP contribution is -2.30. The number of hydrogen-bond acceptors (Lipinski definition) is 4. The van der Waals surface area contributed by atoms with Crippen molar-refractivity contribution < 1.29 is 9.90 Å². The maximum atomic E-state index is 11.8. The van der Waals surface area contributed by atoms with Crippen molar-refractivity contribution in [1.82, 2.24) is 10.3 Å². The fourth-order valence-corrected chi connectivity index (χ4v) is 2.31. The lowest BCUT2D eigenvalue weighted by Gasteiger charge is -2.23. The lowest BCUT2D eigenvalue weighted by atomic mass is 10.1. The van der Waals surface area contributed by atoms with Crippen molar-refractivity contribution in [1.29, 1.82) is 0 Å². The van der Waals surface area contributed by atoms with Crippen LogP contribution in [0.2, 0.25) is 0 Å². The molecule has 5 heteroatoms. The Bertz CT molecular complexity index is 678. The van der Waals surface area contributed by atoms with E-state index >= 15 is 0 Å². The van der Waals surface area contributed by atoms with Gasteiger partial charge in [-0.2, -0.15) is 0 Å². The first-order valence-corrected chi connectivity index (χ1v) is 7.82. The van der Waals surface area contributed by atoms with E-state index < -0.39 is 0 Å². The van der Waals surface area contributed by atoms with E-state index in [4.69, 9.17) is 6.42 Å². The number of aliphatic hydroxyl groups is 1. The fraction of sp³-hybridized carbons (Fsp3) is 0.263. The number of benzene rings is 1. The minimum atomic E-state index is -0.245. The van der Waals surface area contributed by atoms with E-state index in [0.717, 1.165) is 18.8 Å². The highest BCUT2D eigenvalue weighted by Gasteiger charge is 2.10. The Labute approximate surface area is 142 Å². The summed E-state index contributed by atoms with van der Waals surface area (Å²) in [5.41, 5.74) is 1.69. The number of pyridine rings is 1. The summed E-state index contributed by atoms with van der Waals surface area (Å²) in [6.45, 7) is 1.46. The summed E-state index contributed by atoms with van der Waals surface area (Å²) in [6, 6.07) is 13.6. The topological polar surface area (TPSA) is 65.5 Å². The largest absolute Gasteiger partial charge is 0.395 e. The number of carbonyl (C=O) groups excluding carboxylic acids is 1. The zero-order chi connectivity index (χ0) is 17.2. The number of carbonyl (C=O) groups is 1. The Balaban J connectivity index is 2.02. The average molecular weight is 323 g/mol. The first kappa shape index (κ1) is 17.5. The summed E-state index contributed by atoms with van der Waals surface area (Å²) in [5, 5.41) is 11.9. The molecule has 5 nitrogen and oxygen atoms in total. The molecular weight excluding hydrogens is 302 g/mol. The van der Waals surface area contributed by atoms with Crippen molar-refractivity contribution in [2.45, 2.75) is 6.42 Å². The number of amides is 1. The van der Waals surface area contributed by atoms with Crippen LogP contribution in [0.3, 0.4) is 0 Å². The molecule has 1 amide bonds. The molecule has 0 atom stereocenters. The second-order valence-electron chi connectivity index (χ2n) is 5.24. The molecule has 1 heterocycles. The molecular formula is C19H21N3O2.